The van der Waals surface area contributed by atoms with Crippen molar-refractivity contribution in [2.45, 2.75) is 13.8 Å². The molecule has 0 spiro atoms. The van der Waals surface area contributed by atoms with E-state index in [0.717, 1.165) is 19.1 Å². The topological polar surface area (TPSA) is 38.3 Å². The van der Waals surface area contributed by atoms with Crippen LogP contribution in [0.1, 0.15) is 13.8 Å². The van der Waals surface area contributed by atoms with Crippen LogP contribution >= 0.6 is 47.8 Å². The Morgan fingerprint density at radius 2 is 1.89 bits per heavy atom. The second-order valence-corrected chi connectivity index (χ2v) is 6.40. The summed E-state index contributed by atoms with van der Waals surface area (Å²) in [5.41, 5.74) is 0.925. The van der Waals surface area contributed by atoms with Gasteiger partial charge in [-0.15, -0.1) is 0 Å². The fourth-order valence-corrected chi connectivity index (χ4v) is 3.87. The number of halogens is 3. The van der Waals surface area contributed by atoms with E-state index in [1.807, 2.05) is 19.1 Å². The molecule has 0 aromatic heterocycles. The molecule has 0 aliphatic rings. The lowest BCUT2D eigenvalue weighted by Crippen LogP contribution is -2.22. The summed E-state index contributed by atoms with van der Waals surface area (Å²) in [5.74, 6) is -0.373. The number of rotatable bonds is 5. The Morgan fingerprint density at radius 1 is 1.33 bits per heavy atom. The maximum Gasteiger partial charge on any atom is 0.310 e. The molecule has 0 amide bonds. The van der Waals surface area contributed by atoms with E-state index in [1.165, 1.54) is 0 Å². The van der Waals surface area contributed by atoms with E-state index in [1.54, 1.807) is 6.92 Å². The third-order valence-electron chi connectivity index (χ3n) is 2.28. The lowest BCUT2D eigenvalue weighted by atomic mass is 10.2. The predicted octanol–water partition coefficient (Wildman–Crippen LogP) is 4.59. The van der Waals surface area contributed by atoms with Crippen molar-refractivity contribution < 1.29 is 9.53 Å². The van der Waals surface area contributed by atoms with Gasteiger partial charge in [0.15, 0.2) is 0 Å². The average Bonchev–Trinajstić information content (AvgIpc) is 2.27. The number of esters is 1. The highest BCUT2D eigenvalue weighted by Gasteiger charge is 2.15. The molecule has 0 bridgehead atoms. The number of hydrogen-bond acceptors (Lipinski definition) is 3. The van der Waals surface area contributed by atoms with E-state index in [-0.39, 0.29) is 11.9 Å². The Hall–Kier alpha value is -0.0700. The summed E-state index contributed by atoms with van der Waals surface area (Å²) in [4.78, 5) is 11.5. The van der Waals surface area contributed by atoms with Crippen LogP contribution in [0.2, 0.25) is 0 Å². The summed E-state index contributed by atoms with van der Waals surface area (Å²) < 4.78 is 7.80. The molecule has 0 aliphatic carbocycles. The number of nitrogens with one attached hydrogen (secondary N) is 1. The monoisotopic (exact) mass is 441 g/mol. The number of hydrogen-bond donors (Lipinski definition) is 1. The van der Waals surface area contributed by atoms with Gasteiger partial charge >= 0.3 is 5.97 Å². The minimum Gasteiger partial charge on any atom is -0.466 e. The Bertz CT molecular complexity index is 414. The summed E-state index contributed by atoms with van der Waals surface area (Å²) in [5, 5.41) is 3.23. The minimum absolute atomic E-state index is 0.186. The Labute approximate surface area is 132 Å². The number of ether oxygens (including phenoxy) is 1. The van der Waals surface area contributed by atoms with Gasteiger partial charge in [0, 0.05) is 20.0 Å². The SMILES string of the molecule is CCOC(=O)C(C)CNc1c(Br)cc(Br)cc1Br. The Balaban J connectivity index is 2.66. The third kappa shape index (κ3) is 4.55. The Kier molecular flexibility index (Phi) is 6.66. The van der Waals surface area contributed by atoms with E-state index in [9.17, 15) is 4.79 Å². The van der Waals surface area contributed by atoms with Gasteiger partial charge in [-0.25, -0.2) is 0 Å². The number of anilines is 1. The third-order valence-corrected chi connectivity index (χ3v) is 3.99. The maximum atomic E-state index is 11.5. The highest BCUT2D eigenvalue weighted by Crippen LogP contribution is 2.34. The molecule has 1 unspecified atom stereocenters. The molecule has 1 atom stereocenters. The quantitative estimate of drug-likeness (QED) is 0.677. The lowest BCUT2D eigenvalue weighted by molar-refractivity contribution is -0.146. The molecule has 0 radical (unpaired) electrons. The first kappa shape index (κ1) is 16.0. The first-order valence-electron chi connectivity index (χ1n) is 5.50. The molecule has 0 saturated heterocycles. The molecule has 0 fully saturated rings. The molecule has 1 aromatic rings. The second-order valence-electron chi connectivity index (χ2n) is 3.78. The summed E-state index contributed by atoms with van der Waals surface area (Å²) in [6, 6.07) is 3.89. The fraction of sp³-hybridized carbons (Fsp3) is 0.417. The largest absolute Gasteiger partial charge is 0.466 e. The zero-order valence-electron chi connectivity index (χ0n) is 10.1. The van der Waals surface area contributed by atoms with Crippen molar-refractivity contribution in [2.75, 3.05) is 18.5 Å². The molecular weight excluding hydrogens is 430 g/mol. The summed E-state index contributed by atoms with van der Waals surface area (Å²) in [6.45, 7) is 4.58. The zero-order chi connectivity index (χ0) is 13.7. The van der Waals surface area contributed by atoms with Crippen LogP contribution in [0.5, 0.6) is 0 Å². The summed E-state index contributed by atoms with van der Waals surface area (Å²) in [7, 11) is 0. The lowest BCUT2D eigenvalue weighted by Gasteiger charge is -2.15. The van der Waals surface area contributed by atoms with E-state index in [0.29, 0.717) is 13.2 Å². The smallest absolute Gasteiger partial charge is 0.310 e. The summed E-state index contributed by atoms with van der Waals surface area (Å²) >= 11 is 10.4. The van der Waals surface area contributed by atoms with Gasteiger partial charge in [-0.2, -0.15) is 0 Å². The zero-order valence-corrected chi connectivity index (χ0v) is 14.9. The molecule has 1 N–H and O–H groups in total. The molecule has 1 rings (SSSR count). The van der Waals surface area contributed by atoms with Crippen LogP contribution in [0.25, 0.3) is 0 Å². The summed E-state index contributed by atoms with van der Waals surface area (Å²) in [6.07, 6.45) is 0. The predicted molar refractivity (Wildman–Crippen MR) is 83.8 cm³/mol. The van der Waals surface area contributed by atoms with Crippen LogP contribution in [-0.2, 0) is 9.53 Å². The normalized spacial score (nSPS) is 12.1. The van der Waals surface area contributed by atoms with Crippen molar-refractivity contribution in [3.8, 4) is 0 Å². The highest BCUT2D eigenvalue weighted by molar-refractivity contribution is 9.11. The first-order chi connectivity index (χ1) is 8.45. The van der Waals surface area contributed by atoms with Crippen LogP contribution in [0.3, 0.4) is 0 Å². The van der Waals surface area contributed by atoms with Crippen LogP contribution in [0.15, 0.2) is 25.6 Å². The van der Waals surface area contributed by atoms with Crippen molar-refractivity contribution in [3.63, 3.8) is 0 Å². The van der Waals surface area contributed by atoms with Crippen LogP contribution < -0.4 is 5.32 Å². The van der Waals surface area contributed by atoms with Gasteiger partial charge in [-0.1, -0.05) is 22.9 Å². The number of carbonyl (C=O) groups is 1. The molecule has 0 aliphatic heterocycles. The van der Waals surface area contributed by atoms with Gasteiger partial charge in [0.1, 0.15) is 0 Å². The van der Waals surface area contributed by atoms with Crippen molar-refractivity contribution in [1.29, 1.82) is 0 Å². The van der Waals surface area contributed by atoms with Gasteiger partial charge in [0.2, 0.25) is 0 Å². The Morgan fingerprint density at radius 3 is 2.39 bits per heavy atom. The molecular formula is C12H14Br3NO2. The van der Waals surface area contributed by atoms with Crippen molar-refractivity contribution in [1.82, 2.24) is 0 Å². The number of benzene rings is 1. The van der Waals surface area contributed by atoms with E-state index >= 15 is 0 Å². The van der Waals surface area contributed by atoms with Gasteiger partial charge in [0.25, 0.3) is 0 Å². The molecule has 6 heteroatoms. The van der Waals surface area contributed by atoms with Gasteiger partial charge in [-0.05, 0) is 50.9 Å². The molecule has 1 aromatic carbocycles. The standard InChI is InChI=1S/C12H14Br3NO2/c1-3-18-12(17)7(2)6-16-11-9(14)4-8(13)5-10(11)15/h4-5,7,16H,3,6H2,1-2H3. The average molecular weight is 444 g/mol. The molecule has 3 nitrogen and oxygen atoms in total. The minimum atomic E-state index is -0.188. The van der Waals surface area contributed by atoms with Crippen LogP contribution in [0, 0.1) is 5.92 Å². The van der Waals surface area contributed by atoms with E-state index in [4.69, 9.17) is 4.74 Å². The molecule has 100 valence electrons. The van der Waals surface area contributed by atoms with Crippen LogP contribution in [-0.4, -0.2) is 19.1 Å². The van der Waals surface area contributed by atoms with E-state index < -0.39 is 0 Å². The molecule has 18 heavy (non-hydrogen) atoms. The molecule has 0 saturated carbocycles. The number of carbonyl (C=O) groups excluding carboxylic acids is 1. The molecule has 0 heterocycles. The van der Waals surface area contributed by atoms with E-state index in [2.05, 4.69) is 53.1 Å². The van der Waals surface area contributed by atoms with Gasteiger partial charge in [0.05, 0.1) is 18.2 Å². The van der Waals surface area contributed by atoms with Gasteiger partial charge < -0.3 is 10.1 Å². The fourth-order valence-electron chi connectivity index (χ4n) is 1.33. The van der Waals surface area contributed by atoms with Gasteiger partial charge in [-0.3, -0.25) is 4.79 Å². The maximum absolute atomic E-state index is 11.5. The van der Waals surface area contributed by atoms with Crippen molar-refractivity contribution in [2.24, 2.45) is 5.92 Å². The van der Waals surface area contributed by atoms with Crippen molar-refractivity contribution >= 4 is 59.4 Å². The first-order valence-corrected chi connectivity index (χ1v) is 7.88. The highest BCUT2D eigenvalue weighted by atomic mass is 79.9. The van der Waals surface area contributed by atoms with Crippen molar-refractivity contribution in [3.05, 3.63) is 25.6 Å². The van der Waals surface area contributed by atoms with Crippen LogP contribution in [0.4, 0.5) is 5.69 Å². The second kappa shape index (κ2) is 7.50.